The average molecular weight is 285 g/mol. The maximum Gasteiger partial charge on any atom is 0.176 e. The van der Waals surface area contributed by atoms with E-state index in [4.69, 9.17) is 0 Å². The number of H-pyrrole nitrogens is 1. The van der Waals surface area contributed by atoms with E-state index in [1.165, 1.54) is 11.3 Å². The predicted molar refractivity (Wildman–Crippen MR) is 76.1 cm³/mol. The molecule has 0 aliphatic carbocycles. The summed E-state index contributed by atoms with van der Waals surface area (Å²) in [5, 5.41) is 11.5. The first-order valence-electron chi connectivity index (χ1n) is 5.57. The Bertz CT molecular complexity index is 798. The third-order valence-electron chi connectivity index (χ3n) is 2.68. The van der Waals surface area contributed by atoms with Crippen LogP contribution in [0.4, 0.5) is 0 Å². The van der Waals surface area contributed by atoms with Crippen molar-refractivity contribution >= 4 is 33.7 Å². The lowest BCUT2D eigenvalue weighted by Crippen LogP contribution is -1.81. The molecular weight excluding hydrogens is 278 g/mol. The third-order valence-corrected chi connectivity index (χ3v) is 4.36. The fourth-order valence-electron chi connectivity index (χ4n) is 1.82. The molecule has 4 aromatic rings. The zero-order chi connectivity index (χ0) is 12.7. The van der Waals surface area contributed by atoms with Crippen molar-refractivity contribution in [2.24, 2.45) is 0 Å². The van der Waals surface area contributed by atoms with Crippen LogP contribution in [0.1, 0.15) is 0 Å². The van der Waals surface area contributed by atoms with Crippen LogP contribution in [0.25, 0.3) is 32.6 Å². The first-order valence-corrected chi connectivity index (χ1v) is 7.33. The van der Waals surface area contributed by atoms with E-state index in [1.807, 2.05) is 29.6 Å². The maximum absolute atomic E-state index is 4.55. The number of para-hydroxylation sites is 2. The van der Waals surface area contributed by atoms with Gasteiger partial charge in [-0.2, -0.15) is 0 Å². The van der Waals surface area contributed by atoms with Crippen molar-refractivity contribution in [1.29, 1.82) is 0 Å². The largest absolute Gasteiger partial charge is 0.337 e. The number of hydrogen-bond donors (Lipinski definition) is 1. The van der Waals surface area contributed by atoms with Crippen molar-refractivity contribution in [3.63, 3.8) is 0 Å². The van der Waals surface area contributed by atoms with Gasteiger partial charge in [0.05, 0.1) is 11.0 Å². The number of thiazole rings is 1. The minimum atomic E-state index is 0.785. The topological polar surface area (TPSA) is 67.3 Å². The Labute approximate surface area is 116 Å². The van der Waals surface area contributed by atoms with Gasteiger partial charge in [-0.15, -0.1) is 21.5 Å². The van der Waals surface area contributed by atoms with Gasteiger partial charge in [0, 0.05) is 5.38 Å². The lowest BCUT2D eigenvalue weighted by molar-refractivity contribution is 1.09. The molecule has 4 rings (SSSR count). The molecule has 0 atom stereocenters. The molecule has 3 heterocycles. The summed E-state index contributed by atoms with van der Waals surface area (Å²) in [6.45, 7) is 0. The number of nitrogens with zero attached hydrogens (tertiary/aromatic N) is 4. The number of aromatic nitrogens is 5. The van der Waals surface area contributed by atoms with E-state index in [1.54, 1.807) is 16.8 Å². The van der Waals surface area contributed by atoms with Gasteiger partial charge in [0.15, 0.2) is 15.8 Å². The fourth-order valence-corrected chi connectivity index (χ4v) is 3.22. The van der Waals surface area contributed by atoms with Gasteiger partial charge in [0.25, 0.3) is 0 Å². The second-order valence-electron chi connectivity index (χ2n) is 3.88. The van der Waals surface area contributed by atoms with Crippen LogP contribution in [0.15, 0.2) is 35.2 Å². The van der Waals surface area contributed by atoms with Crippen molar-refractivity contribution in [3.8, 4) is 21.5 Å². The zero-order valence-corrected chi connectivity index (χ0v) is 11.2. The molecule has 1 N–H and O–H groups in total. The molecule has 0 bridgehead atoms. The summed E-state index contributed by atoms with van der Waals surface area (Å²) in [7, 11) is 0. The van der Waals surface area contributed by atoms with Crippen LogP contribution >= 0.6 is 22.7 Å². The highest BCUT2D eigenvalue weighted by molar-refractivity contribution is 7.19. The Morgan fingerprint density at radius 3 is 2.79 bits per heavy atom. The van der Waals surface area contributed by atoms with Crippen molar-refractivity contribution < 1.29 is 0 Å². The normalized spacial score (nSPS) is 11.2. The van der Waals surface area contributed by atoms with E-state index in [-0.39, 0.29) is 0 Å². The van der Waals surface area contributed by atoms with E-state index in [2.05, 4.69) is 25.1 Å². The second kappa shape index (κ2) is 4.22. The first kappa shape index (κ1) is 10.8. The lowest BCUT2D eigenvalue weighted by atomic mass is 10.3. The summed E-state index contributed by atoms with van der Waals surface area (Å²) < 4.78 is 0. The van der Waals surface area contributed by atoms with Crippen LogP contribution in [0.3, 0.4) is 0 Å². The Balaban J connectivity index is 1.80. The molecular formula is C12H7N5S2. The van der Waals surface area contributed by atoms with Crippen LogP contribution in [0.2, 0.25) is 0 Å². The van der Waals surface area contributed by atoms with Gasteiger partial charge in [-0.25, -0.2) is 9.97 Å². The summed E-state index contributed by atoms with van der Waals surface area (Å²) in [4.78, 5) is 12.4. The molecule has 0 radical (unpaired) electrons. The zero-order valence-electron chi connectivity index (χ0n) is 9.57. The Hall–Kier alpha value is -2.12. The Kier molecular flexibility index (Phi) is 2.39. The Morgan fingerprint density at radius 2 is 1.95 bits per heavy atom. The molecule has 1 aromatic carbocycles. The molecule has 0 aliphatic heterocycles. The van der Waals surface area contributed by atoms with Crippen LogP contribution in [-0.4, -0.2) is 25.1 Å². The average Bonchev–Trinajstić information content (AvgIpc) is 3.17. The molecule has 5 nitrogen and oxygen atoms in total. The van der Waals surface area contributed by atoms with E-state index >= 15 is 0 Å². The molecule has 0 saturated heterocycles. The number of benzene rings is 1. The highest BCUT2D eigenvalue weighted by atomic mass is 32.1. The Morgan fingerprint density at radius 1 is 1.00 bits per heavy atom. The van der Waals surface area contributed by atoms with Crippen molar-refractivity contribution in [1.82, 2.24) is 25.1 Å². The van der Waals surface area contributed by atoms with E-state index in [9.17, 15) is 0 Å². The van der Waals surface area contributed by atoms with Gasteiger partial charge >= 0.3 is 0 Å². The van der Waals surface area contributed by atoms with Crippen molar-refractivity contribution in [3.05, 3.63) is 35.2 Å². The summed E-state index contributed by atoms with van der Waals surface area (Å²) in [5.41, 5.74) is 4.51. The van der Waals surface area contributed by atoms with E-state index in [0.717, 1.165) is 32.6 Å². The molecule has 19 heavy (non-hydrogen) atoms. The first-order chi connectivity index (χ1) is 9.40. The lowest BCUT2D eigenvalue weighted by Gasteiger charge is -1.87. The minimum Gasteiger partial charge on any atom is -0.337 e. The summed E-state index contributed by atoms with van der Waals surface area (Å²) in [5.74, 6) is 0.785. The molecule has 0 spiro atoms. The van der Waals surface area contributed by atoms with Crippen LogP contribution in [0.5, 0.6) is 0 Å². The van der Waals surface area contributed by atoms with Crippen LogP contribution in [0, 0.1) is 0 Å². The molecule has 0 fully saturated rings. The minimum absolute atomic E-state index is 0.785. The smallest absolute Gasteiger partial charge is 0.176 e. The summed E-state index contributed by atoms with van der Waals surface area (Å²) in [6, 6.07) is 7.94. The maximum atomic E-state index is 4.55. The molecule has 0 saturated carbocycles. The molecule has 0 aliphatic rings. The van der Waals surface area contributed by atoms with Crippen molar-refractivity contribution in [2.75, 3.05) is 0 Å². The van der Waals surface area contributed by atoms with Gasteiger partial charge in [-0.1, -0.05) is 23.5 Å². The van der Waals surface area contributed by atoms with Gasteiger partial charge in [-0.05, 0) is 12.1 Å². The predicted octanol–water partition coefficient (Wildman–Crippen LogP) is 3.20. The number of aromatic amines is 1. The fraction of sp³-hybridized carbons (Fsp3) is 0. The van der Waals surface area contributed by atoms with Crippen molar-refractivity contribution in [2.45, 2.75) is 0 Å². The highest BCUT2D eigenvalue weighted by Gasteiger charge is 2.11. The number of fused-ring (bicyclic) bond motifs is 1. The highest BCUT2D eigenvalue weighted by Crippen LogP contribution is 2.29. The number of rotatable bonds is 2. The second-order valence-corrected chi connectivity index (χ2v) is 5.58. The van der Waals surface area contributed by atoms with Crippen LogP contribution in [-0.2, 0) is 0 Å². The number of nitrogens with one attached hydrogen (secondary N) is 1. The standard InChI is InChI=1S/C12H7N5S2/c1-2-4-8-7(3-1)14-10(15-8)9-5-18-11(16-9)12-17-13-6-19-12/h1-6H,(H,14,15). The van der Waals surface area contributed by atoms with Gasteiger partial charge in [0.2, 0.25) is 0 Å². The van der Waals surface area contributed by atoms with E-state index in [0.29, 0.717) is 0 Å². The van der Waals surface area contributed by atoms with Gasteiger partial charge in [0.1, 0.15) is 11.2 Å². The molecule has 92 valence electrons. The van der Waals surface area contributed by atoms with Crippen LogP contribution < -0.4 is 0 Å². The molecule has 0 amide bonds. The van der Waals surface area contributed by atoms with E-state index < -0.39 is 0 Å². The monoisotopic (exact) mass is 285 g/mol. The van der Waals surface area contributed by atoms with Gasteiger partial charge in [-0.3, -0.25) is 0 Å². The molecule has 0 unspecified atom stereocenters. The summed E-state index contributed by atoms with van der Waals surface area (Å²) >= 11 is 3.03. The molecule has 7 heteroatoms. The summed E-state index contributed by atoms with van der Waals surface area (Å²) in [6.07, 6.45) is 0. The number of imidazole rings is 1. The quantitative estimate of drug-likeness (QED) is 0.614. The molecule has 3 aromatic heterocycles. The SMILES string of the molecule is c1ccc2[nH]c(-c3csc(-c4nncs4)n3)nc2c1. The number of hydrogen-bond acceptors (Lipinski definition) is 6. The van der Waals surface area contributed by atoms with Gasteiger partial charge < -0.3 is 4.98 Å². The third kappa shape index (κ3) is 1.83.